The highest BCUT2D eigenvalue weighted by Crippen LogP contribution is 2.37. The molecule has 1 aromatic rings. The molecular weight excluding hydrogens is 317 g/mol. The molecule has 24 heavy (non-hydrogen) atoms. The van der Waals surface area contributed by atoms with Gasteiger partial charge in [0.1, 0.15) is 0 Å². The number of anilines is 1. The van der Waals surface area contributed by atoms with Gasteiger partial charge in [0.15, 0.2) is 5.96 Å². The Morgan fingerprint density at radius 1 is 1.12 bits per heavy atom. The molecule has 1 aliphatic heterocycles. The topological polar surface area (TPSA) is 53.6 Å². The number of guanidine groups is 1. The van der Waals surface area contributed by atoms with E-state index in [2.05, 4.69) is 15.2 Å². The number of aliphatic imine (C=N–C) groups is 1. The molecule has 1 aromatic carbocycles. The van der Waals surface area contributed by atoms with Gasteiger partial charge in [-0.25, -0.2) is 4.99 Å². The van der Waals surface area contributed by atoms with E-state index in [-0.39, 0.29) is 18.9 Å². The predicted octanol–water partition coefficient (Wildman–Crippen LogP) is 3.22. The average molecular weight is 340 g/mol. The van der Waals surface area contributed by atoms with Gasteiger partial charge in [-0.1, -0.05) is 18.2 Å². The van der Waals surface area contributed by atoms with E-state index in [9.17, 15) is 13.2 Å². The molecule has 1 aliphatic carbocycles. The first-order valence-corrected chi connectivity index (χ1v) is 8.38. The Morgan fingerprint density at radius 2 is 1.75 bits per heavy atom. The van der Waals surface area contributed by atoms with Crippen molar-refractivity contribution < 1.29 is 13.2 Å². The van der Waals surface area contributed by atoms with Gasteiger partial charge in [0.2, 0.25) is 0 Å². The number of para-hydroxylation sites is 1. The van der Waals surface area contributed by atoms with Crippen LogP contribution in [0.4, 0.5) is 18.9 Å². The number of piperidine rings is 1. The van der Waals surface area contributed by atoms with Gasteiger partial charge in [-0.2, -0.15) is 13.2 Å². The molecule has 1 saturated carbocycles. The number of nitrogens with zero attached hydrogens (tertiary/aromatic N) is 2. The van der Waals surface area contributed by atoms with Gasteiger partial charge in [-0.05, 0) is 50.9 Å². The summed E-state index contributed by atoms with van der Waals surface area (Å²) in [5.74, 6) is -0.742. The lowest BCUT2D eigenvalue weighted by molar-refractivity contribution is -0.187. The number of alkyl halides is 3. The number of hydrogen-bond donors (Lipinski definition) is 2. The SMILES string of the molecule is NC(=NC1CC(N2CCC(C(F)(F)F)CC2)C1)Nc1ccccc1. The highest BCUT2D eigenvalue weighted by atomic mass is 19.4. The summed E-state index contributed by atoms with van der Waals surface area (Å²) in [5, 5.41) is 3.05. The second-order valence-electron chi connectivity index (χ2n) is 6.64. The third-order valence-corrected chi connectivity index (χ3v) is 4.97. The largest absolute Gasteiger partial charge is 0.391 e. The van der Waals surface area contributed by atoms with Crippen LogP contribution >= 0.6 is 0 Å². The molecule has 4 nitrogen and oxygen atoms in total. The first-order chi connectivity index (χ1) is 11.4. The maximum Gasteiger partial charge on any atom is 0.391 e. The van der Waals surface area contributed by atoms with Crippen LogP contribution in [0.2, 0.25) is 0 Å². The number of nitrogens with one attached hydrogen (secondary N) is 1. The average Bonchev–Trinajstić information content (AvgIpc) is 2.51. The van der Waals surface area contributed by atoms with Crippen molar-refractivity contribution in [3.8, 4) is 0 Å². The van der Waals surface area contributed by atoms with Gasteiger partial charge in [0, 0.05) is 11.7 Å². The fourth-order valence-corrected chi connectivity index (χ4v) is 3.45. The van der Waals surface area contributed by atoms with Crippen molar-refractivity contribution >= 4 is 11.6 Å². The molecule has 3 rings (SSSR count). The standard InChI is InChI=1S/C17H23F3N4/c18-17(19,20)12-6-8-24(9-7-12)15-10-14(11-15)23-16(21)22-13-4-2-1-3-5-13/h1-5,12,14-15H,6-11H2,(H3,21,22,23). The maximum absolute atomic E-state index is 12.7. The van der Waals surface area contributed by atoms with Crippen LogP contribution in [0.1, 0.15) is 25.7 Å². The minimum absolute atomic E-state index is 0.159. The van der Waals surface area contributed by atoms with E-state index in [1.165, 1.54) is 0 Å². The molecule has 0 bridgehead atoms. The molecule has 3 N–H and O–H groups in total. The Labute approximate surface area is 139 Å². The Bertz CT molecular complexity index is 559. The van der Waals surface area contributed by atoms with Crippen molar-refractivity contribution in [2.45, 2.75) is 43.9 Å². The van der Waals surface area contributed by atoms with Crippen molar-refractivity contribution in [1.82, 2.24) is 4.90 Å². The van der Waals surface area contributed by atoms with E-state index in [0.717, 1.165) is 18.5 Å². The van der Waals surface area contributed by atoms with E-state index in [1.807, 2.05) is 30.3 Å². The van der Waals surface area contributed by atoms with Crippen LogP contribution in [-0.2, 0) is 0 Å². The Morgan fingerprint density at radius 3 is 2.33 bits per heavy atom. The van der Waals surface area contributed by atoms with E-state index in [1.54, 1.807) is 0 Å². The van der Waals surface area contributed by atoms with Crippen LogP contribution in [0.25, 0.3) is 0 Å². The van der Waals surface area contributed by atoms with E-state index in [4.69, 9.17) is 5.73 Å². The normalized spacial score (nSPS) is 26.9. The minimum Gasteiger partial charge on any atom is -0.370 e. The van der Waals surface area contributed by atoms with Crippen LogP contribution in [0, 0.1) is 5.92 Å². The number of hydrogen-bond acceptors (Lipinski definition) is 2. The van der Waals surface area contributed by atoms with E-state index in [0.29, 0.717) is 25.1 Å². The van der Waals surface area contributed by atoms with Crippen LogP contribution in [0.3, 0.4) is 0 Å². The molecule has 2 fully saturated rings. The number of rotatable bonds is 3. The number of benzene rings is 1. The predicted molar refractivity (Wildman–Crippen MR) is 88.8 cm³/mol. The van der Waals surface area contributed by atoms with Gasteiger partial charge in [0.05, 0.1) is 12.0 Å². The zero-order valence-electron chi connectivity index (χ0n) is 13.5. The summed E-state index contributed by atoms with van der Waals surface area (Å²) in [5.41, 5.74) is 6.80. The van der Waals surface area contributed by atoms with Gasteiger partial charge >= 0.3 is 6.18 Å². The molecule has 132 valence electrons. The first kappa shape index (κ1) is 17.1. The fraction of sp³-hybridized carbons (Fsp3) is 0.588. The molecule has 0 atom stereocenters. The molecule has 0 aromatic heterocycles. The van der Waals surface area contributed by atoms with Crippen LogP contribution < -0.4 is 11.1 Å². The van der Waals surface area contributed by atoms with Gasteiger partial charge in [-0.3, -0.25) is 0 Å². The first-order valence-electron chi connectivity index (χ1n) is 8.38. The zero-order chi connectivity index (χ0) is 17.2. The zero-order valence-corrected chi connectivity index (χ0v) is 13.5. The monoisotopic (exact) mass is 340 g/mol. The van der Waals surface area contributed by atoms with Gasteiger partial charge < -0.3 is 16.0 Å². The molecule has 1 saturated heterocycles. The van der Waals surface area contributed by atoms with Crippen molar-refractivity contribution in [1.29, 1.82) is 0 Å². The second-order valence-corrected chi connectivity index (χ2v) is 6.64. The fourth-order valence-electron chi connectivity index (χ4n) is 3.45. The van der Waals surface area contributed by atoms with Crippen LogP contribution in [0.15, 0.2) is 35.3 Å². The summed E-state index contributed by atoms with van der Waals surface area (Å²) < 4.78 is 38.1. The molecule has 0 unspecified atom stereocenters. The third kappa shape index (κ3) is 4.20. The minimum atomic E-state index is -4.05. The highest BCUT2D eigenvalue weighted by molar-refractivity contribution is 5.92. The summed E-state index contributed by atoms with van der Waals surface area (Å²) in [6, 6.07) is 10.1. The Hall–Kier alpha value is -1.76. The molecule has 0 spiro atoms. The van der Waals surface area contributed by atoms with Crippen LogP contribution in [0.5, 0.6) is 0 Å². The number of nitrogens with two attached hydrogens (primary N) is 1. The molecule has 2 aliphatic rings. The molecule has 1 heterocycles. The molecule has 7 heteroatoms. The lowest BCUT2D eigenvalue weighted by Gasteiger charge is -2.44. The van der Waals surface area contributed by atoms with Crippen molar-refractivity contribution in [2.24, 2.45) is 16.6 Å². The Kier molecular flexibility index (Phi) is 4.99. The van der Waals surface area contributed by atoms with Crippen LogP contribution in [-0.4, -0.2) is 42.2 Å². The Balaban J connectivity index is 1.42. The molecular formula is C17H23F3N4. The van der Waals surface area contributed by atoms with Gasteiger partial charge in [0.25, 0.3) is 0 Å². The summed E-state index contributed by atoms with van der Waals surface area (Å²) in [6.07, 6.45) is -1.88. The summed E-state index contributed by atoms with van der Waals surface area (Å²) in [4.78, 5) is 6.63. The lowest BCUT2D eigenvalue weighted by Crippen LogP contribution is -2.51. The third-order valence-electron chi connectivity index (χ3n) is 4.97. The van der Waals surface area contributed by atoms with Crippen molar-refractivity contribution in [3.63, 3.8) is 0 Å². The van der Waals surface area contributed by atoms with Gasteiger partial charge in [-0.15, -0.1) is 0 Å². The van der Waals surface area contributed by atoms with Crippen molar-refractivity contribution in [2.75, 3.05) is 18.4 Å². The lowest BCUT2D eigenvalue weighted by atomic mass is 9.83. The van der Waals surface area contributed by atoms with E-state index < -0.39 is 12.1 Å². The smallest absolute Gasteiger partial charge is 0.370 e. The van der Waals surface area contributed by atoms with Crippen molar-refractivity contribution in [3.05, 3.63) is 30.3 Å². The summed E-state index contributed by atoms with van der Waals surface area (Å²) >= 11 is 0. The maximum atomic E-state index is 12.7. The summed E-state index contributed by atoms with van der Waals surface area (Å²) in [6.45, 7) is 1.06. The molecule has 0 amide bonds. The molecule has 0 radical (unpaired) electrons. The number of halogens is 3. The van der Waals surface area contributed by atoms with E-state index >= 15 is 0 Å². The number of likely N-dealkylation sites (tertiary alicyclic amines) is 1. The second kappa shape index (κ2) is 7.01. The summed E-state index contributed by atoms with van der Waals surface area (Å²) in [7, 11) is 0. The quantitative estimate of drug-likeness (QED) is 0.656. The highest BCUT2D eigenvalue weighted by Gasteiger charge is 2.43.